The maximum absolute atomic E-state index is 13.9. The molecule has 0 unspecified atom stereocenters. The third kappa shape index (κ3) is 5.35. The Morgan fingerprint density at radius 1 is 1.00 bits per heavy atom. The first-order valence-electron chi connectivity index (χ1n) is 8.02. The van der Waals surface area contributed by atoms with Crippen molar-refractivity contribution >= 4 is 12.4 Å². The molecule has 0 aliphatic carbocycles. The number of hydrogen-bond acceptors (Lipinski definition) is 3. The molecule has 0 aliphatic heterocycles. The van der Waals surface area contributed by atoms with Crippen molar-refractivity contribution in [2.24, 2.45) is 10.2 Å². The second kappa shape index (κ2) is 9.47. The Morgan fingerprint density at radius 3 is 2.40 bits per heavy atom. The van der Waals surface area contributed by atoms with Crippen LogP contribution in [0.3, 0.4) is 0 Å². The van der Waals surface area contributed by atoms with Gasteiger partial charge < -0.3 is 4.74 Å². The number of rotatable bonds is 8. The molecule has 0 saturated heterocycles. The largest absolute Gasteiger partial charge is 0.491 e. The number of nitrogens with zero attached hydrogens (tertiary/aromatic N) is 2. The summed E-state index contributed by atoms with van der Waals surface area (Å²) in [5.41, 5.74) is 2.10. The summed E-state index contributed by atoms with van der Waals surface area (Å²) in [7, 11) is 0. The van der Waals surface area contributed by atoms with Crippen LogP contribution in [-0.2, 0) is 6.42 Å². The Bertz CT molecular complexity index is 768. The highest BCUT2D eigenvalue weighted by Crippen LogP contribution is 2.21. The average Bonchev–Trinajstić information content (AvgIpc) is 2.63. The summed E-state index contributed by atoms with van der Waals surface area (Å²) in [6.07, 6.45) is 6.48. The van der Waals surface area contributed by atoms with E-state index in [4.69, 9.17) is 4.74 Å². The molecule has 0 N–H and O–H groups in total. The molecular formula is C20H20F2N2O. The van der Waals surface area contributed by atoms with Crippen molar-refractivity contribution in [3.05, 3.63) is 77.4 Å². The van der Waals surface area contributed by atoms with Crippen LogP contribution < -0.4 is 4.74 Å². The molecule has 0 radical (unpaired) electrons. The average molecular weight is 342 g/mol. The molecule has 5 heteroatoms. The smallest absolute Gasteiger partial charge is 0.201 e. The van der Waals surface area contributed by atoms with Gasteiger partial charge in [-0.2, -0.15) is 14.6 Å². The first-order chi connectivity index (χ1) is 12.2. The molecule has 130 valence electrons. The second-order valence-corrected chi connectivity index (χ2v) is 5.27. The minimum Gasteiger partial charge on any atom is -0.491 e. The first kappa shape index (κ1) is 18.5. The summed E-state index contributed by atoms with van der Waals surface area (Å²) in [6.45, 7) is 5.67. The van der Waals surface area contributed by atoms with E-state index in [1.807, 2.05) is 30.3 Å². The third-order valence-electron chi connectivity index (χ3n) is 3.46. The SMILES string of the molecule is C=CCCc1ccc(C=NN=Cc2ccc(OCC)c(F)c2F)cc1. The molecule has 3 nitrogen and oxygen atoms in total. The molecule has 0 aromatic heterocycles. The van der Waals surface area contributed by atoms with E-state index in [9.17, 15) is 8.78 Å². The van der Waals surface area contributed by atoms with Gasteiger partial charge in [0.15, 0.2) is 11.6 Å². The minimum absolute atomic E-state index is 0.0119. The predicted octanol–water partition coefficient (Wildman–Crippen LogP) is 4.94. The molecule has 0 saturated carbocycles. The van der Waals surface area contributed by atoms with Gasteiger partial charge in [0, 0.05) is 5.56 Å². The lowest BCUT2D eigenvalue weighted by Crippen LogP contribution is -2.00. The quantitative estimate of drug-likeness (QED) is 0.380. The van der Waals surface area contributed by atoms with Gasteiger partial charge in [0.1, 0.15) is 0 Å². The van der Waals surface area contributed by atoms with Crippen LogP contribution in [0.25, 0.3) is 0 Å². The molecule has 0 aliphatic rings. The molecule has 0 amide bonds. The van der Waals surface area contributed by atoms with Crippen LogP contribution in [0.4, 0.5) is 8.78 Å². The van der Waals surface area contributed by atoms with Crippen molar-refractivity contribution in [1.82, 2.24) is 0 Å². The van der Waals surface area contributed by atoms with Gasteiger partial charge in [-0.3, -0.25) is 0 Å². The fraction of sp³-hybridized carbons (Fsp3) is 0.200. The van der Waals surface area contributed by atoms with Gasteiger partial charge in [-0.25, -0.2) is 4.39 Å². The molecule has 2 rings (SSSR count). The number of aryl methyl sites for hydroxylation is 1. The van der Waals surface area contributed by atoms with Crippen molar-refractivity contribution < 1.29 is 13.5 Å². The monoisotopic (exact) mass is 342 g/mol. The van der Waals surface area contributed by atoms with Gasteiger partial charge in [0.25, 0.3) is 0 Å². The van der Waals surface area contributed by atoms with Crippen LogP contribution in [0, 0.1) is 11.6 Å². The summed E-state index contributed by atoms with van der Waals surface area (Å²) >= 11 is 0. The topological polar surface area (TPSA) is 34.0 Å². The molecule has 0 heterocycles. The zero-order valence-electron chi connectivity index (χ0n) is 14.1. The van der Waals surface area contributed by atoms with Crippen molar-refractivity contribution in [2.75, 3.05) is 6.61 Å². The summed E-state index contributed by atoms with van der Waals surface area (Å²) < 4.78 is 32.6. The number of hydrogen-bond donors (Lipinski definition) is 0. The fourth-order valence-corrected chi connectivity index (χ4v) is 2.15. The first-order valence-corrected chi connectivity index (χ1v) is 8.02. The van der Waals surface area contributed by atoms with E-state index in [-0.39, 0.29) is 17.9 Å². The van der Waals surface area contributed by atoms with Crippen molar-refractivity contribution in [2.45, 2.75) is 19.8 Å². The van der Waals surface area contributed by atoms with Gasteiger partial charge in [-0.1, -0.05) is 30.3 Å². The minimum atomic E-state index is -1.02. The highest BCUT2D eigenvalue weighted by atomic mass is 19.2. The standard InChI is InChI=1S/C20H20F2N2O/c1-3-5-6-15-7-9-16(10-8-15)13-23-24-14-17-11-12-18(25-4-2)20(22)19(17)21/h3,7-14H,1,4-6H2,2H3. The highest BCUT2D eigenvalue weighted by molar-refractivity contribution is 5.83. The van der Waals surface area contributed by atoms with Crippen LogP contribution in [0.15, 0.2) is 59.3 Å². The maximum atomic E-state index is 13.9. The summed E-state index contributed by atoms with van der Waals surface area (Å²) in [5.74, 6) is -2.14. The predicted molar refractivity (Wildman–Crippen MR) is 97.7 cm³/mol. The number of benzene rings is 2. The molecule has 25 heavy (non-hydrogen) atoms. The zero-order valence-corrected chi connectivity index (χ0v) is 14.1. The van der Waals surface area contributed by atoms with Crippen LogP contribution in [0.5, 0.6) is 5.75 Å². The van der Waals surface area contributed by atoms with E-state index in [1.165, 1.54) is 23.9 Å². The number of halogens is 2. The molecule has 0 atom stereocenters. The summed E-state index contributed by atoms with van der Waals surface area (Å²) in [5, 5.41) is 7.64. The molecule has 2 aromatic rings. The fourth-order valence-electron chi connectivity index (χ4n) is 2.15. The van der Waals surface area contributed by atoms with Gasteiger partial charge in [-0.05, 0) is 43.0 Å². The van der Waals surface area contributed by atoms with Gasteiger partial charge >= 0.3 is 0 Å². The molecule has 0 fully saturated rings. The van der Waals surface area contributed by atoms with Gasteiger partial charge in [-0.15, -0.1) is 6.58 Å². The third-order valence-corrected chi connectivity index (χ3v) is 3.46. The van der Waals surface area contributed by atoms with Crippen LogP contribution >= 0.6 is 0 Å². The summed E-state index contributed by atoms with van der Waals surface area (Å²) in [4.78, 5) is 0. The summed E-state index contributed by atoms with van der Waals surface area (Å²) in [6, 6.07) is 10.6. The van der Waals surface area contributed by atoms with Crippen LogP contribution in [0.1, 0.15) is 30.0 Å². The van der Waals surface area contributed by atoms with E-state index in [1.54, 1.807) is 13.1 Å². The lowest BCUT2D eigenvalue weighted by molar-refractivity contribution is 0.314. The lowest BCUT2D eigenvalue weighted by Gasteiger charge is -2.05. The maximum Gasteiger partial charge on any atom is 0.201 e. The van der Waals surface area contributed by atoms with Crippen molar-refractivity contribution in [1.29, 1.82) is 0 Å². The molecule has 0 bridgehead atoms. The highest BCUT2D eigenvalue weighted by Gasteiger charge is 2.12. The van der Waals surface area contributed by atoms with E-state index in [0.29, 0.717) is 0 Å². The van der Waals surface area contributed by atoms with Crippen molar-refractivity contribution in [3.63, 3.8) is 0 Å². The van der Waals surface area contributed by atoms with Crippen LogP contribution in [-0.4, -0.2) is 19.0 Å². The van der Waals surface area contributed by atoms with Gasteiger partial charge in [0.05, 0.1) is 19.0 Å². The number of ether oxygens (including phenoxy) is 1. The zero-order chi connectivity index (χ0) is 18.1. The number of allylic oxidation sites excluding steroid dienone is 1. The Labute approximate surface area is 146 Å². The molecular weight excluding hydrogens is 322 g/mol. The Hall–Kier alpha value is -2.82. The molecule has 2 aromatic carbocycles. The normalized spacial score (nSPS) is 11.3. The van der Waals surface area contributed by atoms with E-state index in [0.717, 1.165) is 18.4 Å². The lowest BCUT2D eigenvalue weighted by atomic mass is 10.1. The van der Waals surface area contributed by atoms with Crippen molar-refractivity contribution in [3.8, 4) is 5.75 Å². The van der Waals surface area contributed by atoms with Gasteiger partial charge in [0.2, 0.25) is 5.82 Å². The van der Waals surface area contributed by atoms with E-state index in [2.05, 4.69) is 16.8 Å². The van der Waals surface area contributed by atoms with E-state index < -0.39 is 11.6 Å². The van der Waals surface area contributed by atoms with E-state index >= 15 is 0 Å². The molecule has 0 spiro atoms. The van der Waals surface area contributed by atoms with Crippen LogP contribution in [0.2, 0.25) is 0 Å². The second-order valence-electron chi connectivity index (χ2n) is 5.27. The Balaban J connectivity index is 2.01. The Morgan fingerprint density at radius 2 is 1.72 bits per heavy atom. The Kier molecular flexibility index (Phi) is 7.01.